The molecule has 0 unspecified atom stereocenters. The van der Waals surface area contributed by atoms with E-state index in [1.807, 2.05) is 60.7 Å². The van der Waals surface area contributed by atoms with Crippen LogP contribution in [-0.2, 0) is 14.8 Å². The van der Waals surface area contributed by atoms with Gasteiger partial charge in [0.15, 0.2) is 0 Å². The number of amides is 1. The van der Waals surface area contributed by atoms with E-state index in [1.54, 1.807) is 26.0 Å². The number of hydrogen-bond donors (Lipinski definition) is 2. The van der Waals surface area contributed by atoms with Crippen LogP contribution < -0.4 is 10.0 Å². The third-order valence-corrected chi connectivity index (χ3v) is 6.97. The average molecular weight is 476 g/mol. The molecule has 0 aliphatic carbocycles. The van der Waals surface area contributed by atoms with Crippen molar-refractivity contribution in [3.63, 3.8) is 0 Å². The summed E-state index contributed by atoms with van der Waals surface area (Å²) in [6.45, 7) is 3.45. The number of nitrogens with zero attached hydrogens (tertiary/aromatic N) is 1. The highest BCUT2D eigenvalue weighted by molar-refractivity contribution is 7.92. The second-order valence-electron chi connectivity index (χ2n) is 7.98. The first-order chi connectivity index (χ1) is 16.3. The Morgan fingerprint density at radius 1 is 0.882 bits per heavy atom. The maximum absolute atomic E-state index is 12.9. The van der Waals surface area contributed by atoms with E-state index in [9.17, 15) is 13.2 Å². The lowest BCUT2D eigenvalue weighted by Gasteiger charge is -2.18. The van der Waals surface area contributed by atoms with Crippen LogP contribution in [0.4, 0.5) is 11.6 Å². The van der Waals surface area contributed by atoms with Gasteiger partial charge in [-0.3, -0.25) is 4.79 Å². The van der Waals surface area contributed by atoms with Gasteiger partial charge in [0.2, 0.25) is 11.8 Å². The minimum Gasteiger partial charge on any atom is -0.337 e. The van der Waals surface area contributed by atoms with Crippen LogP contribution >= 0.6 is 0 Å². The number of aryl methyl sites for hydroxylation is 1. The van der Waals surface area contributed by atoms with Crippen LogP contribution in [0.1, 0.15) is 34.7 Å². The molecule has 0 saturated carbocycles. The molecule has 0 saturated heterocycles. The van der Waals surface area contributed by atoms with Crippen LogP contribution in [0.15, 0.2) is 94.3 Å². The highest BCUT2D eigenvalue weighted by atomic mass is 32.2. The van der Waals surface area contributed by atoms with Gasteiger partial charge in [0.05, 0.1) is 10.6 Å². The predicted octanol–water partition coefficient (Wildman–Crippen LogP) is 5.25. The first-order valence-corrected chi connectivity index (χ1v) is 12.3. The van der Waals surface area contributed by atoms with Gasteiger partial charge in [-0.25, -0.2) is 13.1 Å². The van der Waals surface area contributed by atoms with Crippen molar-refractivity contribution in [1.29, 1.82) is 0 Å². The Morgan fingerprint density at radius 2 is 1.44 bits per heavy atom. The molecule has 0 spiro atoms. The summed E-state index contributed by atoms with van der Waals surface area (Å²) in [5.41, 5.74) is 3.85. The standard InChI is InChI=1S/C26H25N3O4S/c1-18-19(2)28-33-26(18)29-34(31,32)23-15-13-22(14-16-23)27-25(30)17-24(20-9-5-3-6-10-20)21-11-7-4-8-12-21/h3-16,24,29H,17H2,1-2H3,(H,27,30). The van der Waals surface area contributed by atoms with Gasteiger partial charge >= 0.3 is 0 Å². The van der Waals surface area contributed by atoms with Gasteiger partial charge in [-0.2, -0.15) is 0 Å². The molecule has 7 nitrogen and oxygen atoms in total. The number of hydrogen-bond acceptors (Lipinski definition) is 5. The predicted molar refractivity (Wildman–Crippen MR) is 131 cm³/mol. The summed E-state index contributed by atoms with van der Waals surface area (Å²) in [5, 5.41) is 6.63. The van der Waals surface area contributed by atoms with Gasteiger partial charge in [0.25, 0.3) is 10.0 Å². The molecule has 8 heteroatoms. The SMILES string of the molecule is Cc1noc(NS(=O)(=O)c2ccc(NC(=O)CC(c3ccccc3)c3ccccc3)cc2)c1C. The van der Waals surface area contributed by atoms with E-state index in [2.05, 4.69) is 15.2 Å². The number of sulfonamides is 1. The summed E-state index contributed by atoms with van der Waals surface area (Å²) in [6, 6.07) is 25.7. The van der Waals surface area contributed by atoms with E-state index in [1.165, 1.54) is 12.1 Å². The Bertz CT molecular complexity index is 1330. The highest BCUT2D eigenvalue weighted by Gasteiger charge is 2.20. The molecule has 0 atom stereocenters. The molecular weight excluding hydrogens is 450 g/mol. The zero-order valence-electron chi connectivity index (χ0n) is 18.9. The Labute approximate surface area is 198 Å². The van der Waals surface area contributed by atoms with Gasteiger partial charge in [0.1, 0.15) is 0 Å². The molecule has 0 aliphatic rings. The van der Waals surface area contributed by atoms with Crippen molar-refractivity contribution in [3.8, 4) is 0 Å². The van der Waals surface area contributed by atoms with E-state index >= 15 is 0 Å². The fourth-order valence-corrected chi connectivity index (χ4v) is 4.65. The Kier molecular flexibility index (Phi) is 6.79. The van der Waals surface area contributed by atoms with E-state index in [0.717, 1.165) is 11.1 Å². The van der Waals surface area contributed by atoms with Crippen molar-refractivity contribution in [1.82, 2.24) is 5.16 Å². The second-order valence-corrected chi connectivity index (χ2v) is 9.66. The van der Waals surface area contributed by atoms with E-state index in [0.29, 0.717) is 16.9 Å². The monoisotopic (exact) mass is 475 g/mol. The lowest BCUT2D eigenvalue weighted by molar-refractivity contribution is -0.116. The fourth-order valence-electron chi connectivity index (χ4n) is 3.61. The zero-order valence-corrected chi connectivity index (χ0v) is 19.7. The number of carbonyl (C=O) groups excluding carboxylic acids is 1. The molecule has 1 aromatic heterocycles. The molecule has 4 aromatic rings. The smallest absolute Gasteiger partial charge is 0.264 e. The van der Waals surface area contributed by atoms with Gasteiger partial charge < -0.3 is 9.84 Å². The van der Waals surface area contributed by atoms with E-state index in [4.69, 9.17) is 4.52 Å². The third kappa shape index (κ3) is 5.35. The van der Waals surface area contributed by atoms with Crippen LogP contribution in [0.5, 0.6) is 0 Å². The van der Waals surface area contributed by atoms with Crippen molar-refractivity contribution in [2.75, 3.05) is 10.0 Å². The van der Waals surface area contributed by atoms with Crippen LogP contribution in [-0.4, -0.2) is 19.5 Å². The minimum absolute atomic E-state index is 0.0467. The average Bonchev–Trinajstić information content (AvgIpc) is 3.15. The molecule has 0 fully saturated rings. The number of anilines is 2. The number of rotatable bonds is 8. The fraction of sp³-hybridized carbons (Fsp3) is 0.154. The summed E-state index contributed by atoms with van der Waals surface area (Å²) in [7, 11) is -3.86. The summed E-state index contributed by atoms with van der Waals surface area (Å²) in [4.78, 5) is 12.9. The summed E-state index contributed by atoms with van der Waals surface area (Å²) in [5.74, 6) is -0.179. The zero-order chi connectivity index (χ0) is 24.1. The topological polar surface area (TPSA) is 101 Å². The number of nitrogens with one attached hydrogen (secondary N) is 2. The normalized spacial score (nSPS) is 11.4. The molecule has 0 radical (unpaired) electrons. The molecule has 0 bridgehead atoms. The van der Waals surface area contributed by atoms with Crippen molar-refractivity contribution in [3.05, 3.63) is 107 Å². The van der Waals surface area contributed by atoms with Gasteiger partial charge in [-0.05, 0) is 49.2 Å². The van der Waals surface area contributed by atoms with Crippen LogP contribution in [0.3, 0.4) is 0 Å². The molecule has 0 aliphatic heterocycles. The molecule has 1 heterocycles. The number of aromatic nitrogens is 1. The highest BCUT2D eigenvalue weighted by Crippen LogP contribution is 2.28. The third-order valence-electron chi connectivity index (χ3n) is 5.63. The van der Waals surface area contributed by atoms with Crippen LogP contribution in [0.25, 0.3) is 0 Å². The lowest BCUT2D eigenvalue weighted by atomic mass is 9.88. The van der Waals surface area contributed by atoms with E-state index in [-0.39, 0.29) is 29.0 Å². The molecule has 2 N–H and O–H groups in total. The molecule has 4 rings (SSSR count). The molecule has 174 valence electrons. The van der Waals surface area contributed by atoms with Gasteiger partial charge in [-0.15, -0.1) is 0 Å². The van der Waals surface area contributed by atoms with Crippen LogP contribution in [0, 0.1) is 13.8 Å². The number of carbonyl (C=O) groups is 1. The summed E-state index contributed by atoms with van der Waals surface area (Å²) in [6.07, 6.45) is 0.250. The number of benzene rings is 3. The molecule has 3 aromatic carbocycles. The Balaban J connectivity index is 1.46. The Hall–Kier alpha value is -3.91. The van der Waals surface area contributed by atoms with Crippen molar-refractivity contribution < 1.29 is 17.7 Å². The van der Waals surface area contributed by atoms with Gasteiger partial charge in [-0.1, -0.05) is 65.8 Å². The maximum Gasteiger partial charge on any atom is 0.264 e. The quantitative estimate of drug-likeness (QED) is 0.362. The summed E-state index contributed by atoms with van der Waals surface area (Å²) >= 11 is 0. The largest absolute Gasteiger partial charge is 0.337 e. The van der Waals surface area contributed by atoms with Crippen molar-refractivity contribution in [2.45, 2.75) is 31.1 Å². The first-order valence-electron chi connectivity index (χ1n) is 10.8. The Morgan fingerprint density at radius 3 is 1.94 bits per heavy atom. The molecular formula is C26H25N3O4S. The van der Waals surface area contributed by atoms with E-state index < -0.39 is 10.0 Å². The van der Waals surface area contributed by atoms with Crippen molar-refractivity contribution in [2.24, 2.45) is 0 Å². The minimum atomic E-state index is -3.86. The molecule has 34 heavy (non-hydrogen) atoms. The van der Waals surface area contributed by atoms with Crippen LogP contribution in [0.2, 0.25) is 0 Å². The van der Waals surface area contributed by atoms with Gasteiger partial charge in [0, 0.05) is 23.6 Å². The summed E-state index contributed by atoms with van der Waals surface area (Å²) < 4.78 is 32.8. The second kappa shape index (κ2) is 9.93. The van der Waals surface area contributed by atoms with Crippen molar-refractivity contribution >= 4 is 27.5 Å². The lowest BCUT2D eigenvalue weighted by Crippen LogP contribution is -2.17. The molecule has 1 amide bonds. The maximum atomic E-state index is 12.9. The first kappa shape index (κ1) is 23.3.